The van der Waals surface area contributed by atoms with Crippen molar-refractivity contribution in [1.82, 2.24) is 20.1 Å². The molecule has 1 amide bonds. The summed E-state index contributed by atoms with van der Waals surface area (Å²) in [7, 11) is 0. The van der Waals surface area contributed by atoms with E-state index in [4.69, 9.17) is 21.3 Å². The molecule has 5 rings (SSSR count). The van der Waals surface area contributed by atoms with Crippen LogP contribution >= 0.6 is 11.6 Å². The Kier molecular flexibility index (Phi) is 7.30. The third-order valence-electron chi connectivity index (χ3n) is 7.26. The van der Waals surface area contributed by atoms with Gasteiger partial charge in [-0.05, 0) is 63.0 Å². The Hall–Kier alpha value is -1.93. The zero-order valence-corrected chi connectivity index (χ0v) is 20.0. The third kappa shape index (κ3) is 5.43. The van der Waals surface area contributed by atoms with Crippen LogP contribution in [0.4, 0.5) is 5.82 Å². The number of benzene rings is 1. The van der Waals surface area contributed by atoms with E-state index < -0.39 is 0 Å². The van der Waals surface area contributed by atoms with E-state index >= 15 is 0 Å². The van der Waals surface area contributed by atoms with Crippen LogP contribution in [0.1, 0.15) is 36.0 Å². The van der Waals surface area contributed by atoms with Crippen LogP contribution in [0.2, 0.25) is 5.02 Å². The van der Waals surface area contributed by atoms with Gasteiger partial charge in [-0.1, -0.05) is 11.6 Å². The lowest BCUT2D eigenvalue weighted by Crippen LogP contribution is -2.49. The lowest BCUT2D eigenvalue weighted by atomic mass is 10.0. The number of ether oxygens (including phenoxy) is 1. The summed E-state index contributed by atoms with van der Waals surface area (Å²) in [6.45, 7) is 9.46. The topological polar surface area (TPSA) is 60.9 Å². The number of hydrogen-bond acceptors (Lipinski definition) is 6. The van der Waals surface area contributed by atoms with Gasteiger partial charge >= 0.3 is 0 Å². The van der Waals surface area contributed by atoms with Gasteiger partial charge in [-0.25, -0.2) is 4.98 Å². The molecule has 0 saturated carbocycles. The number of carbonyl (C=O) groups excluding carboxylic acids is 1. The summed E-state index contributed by atoms with van der Waals surface area (Å²) < 4.78 is 5.51. The van der Waals surface area contributed by atoms with Crippen LogP contribution in [0.3, 0.4) is 0 Å². The van der Waals surface area contributed by atoms with Gasteiger partial charge in [-0.2, -0.15) is 0 Å². The summed E-state index contributed by atoms with van der Waals surface area (Å²) in [6, 6.07) is 8.19. The first kappa shape index (κ1) is 22.8. The lowest BCUT2D eigenvalue weighted by molar-refractivity contribution is 0.0115. The highest BCUT2D eigenvalue weighted by molar-refractivity contribution is 6.31. The van der Waals surface area contributed by atoms with Gasteiger partial charge in [-0.3, -0.25) is 9.69 Å². The largest absolute Gasteiger partial charge is 0.379 e. The standard InChI is InChI=1S/C25H34ClN5O2/c26-19-3-4-23-21(17-19)22(25(32)27-7-12-29-8-1-2-9-29)18-24(28-23)31-10-5-20(6-11-31)30-13-15-33-16-14-30/h3-4,17-18,20H,1-2,5-16H2,(H,27,32). The first-order chi connectivity index (χ1) is 16.2. The van der Waals surface area contributed by atoms with Crippen molar-refractivity contribution in [1.29, 1.82) is 0 Å². The number of likely N-dealkylation sites (tertiary alicyclic amines) is 1. The number of amides is 1. The number of morpholine rings is 1. The summed E-state index contributed by atoms with van der Waals surface area (Å²) in [5.41, 5.74) is 1.48. The molecule has 33 heavy (non-hydrogen) atoms. The van der Waals surface area contributed by atoms with Gasteiger partial charge in [0.1, 0.15) is 5.82 Å². The Morgan fingerprint density at radius 3 is 2.58 bits per heavy atom. The fourth-order valence-corrected chi connectivity index (χ4v) is 5.54. The molecule has 4 heterocycles. The maximum absolute atomic E-state index is 13.2. The number of carbonyl (C=O) groups is 1. The van der Waals surface area contributed by atoms with Crippen LogP contribution in [-0.4, -0.2) is 92.3 Å². The summed E-state index contributed by atoms with van der Waals surface area (Å²) in [5, 5.41) is 4.56. The minimum Gasteiger partial charge on any atom is -0.379 e. The number of halogens is 1. The summed E-state index contributed by atoms with van der Waals surface area (Å²) in [4.78, 5) is 25.4. The van der Waals surface area contributed by atoms with Gasteiger partial charge in [-0.15, -0.1) is 0 Å². The van der Waals surface area contributed by atoms with E-state index in [1.807, 2.05) is 24.3 Å². The molecule has 0 radical (unpaired) electrons. The SMILES string of the molecule is O=C(NCCN1CCCC1)c1cc(N2CCC(N3CCOCC3)CC2)nc2ccc(Cl)cc12. The number of fused-ring (bicyclic) bond motifs is 1. The van der Waals surface area contributed by atoms with Crippen molar-refractivity contribution in [2.45, 2.75) is 31.7 Å². The van der Waals surface area contributed by atoms with Crippen LogP contribution in [-0.2, 0) is 4.74 Å². The van der Waals surface area contributed by atoms with Crippen molar-refractivity contribution >= 4 is 34.2 Å². The molecular formula is C25H34ClN5O2. The molecule has 1 N–H and O–H groups in total. The number of nitrogens with zero attached hydrogens (tertiary/aromatic N) is 4. The van der Waals surface area contributed by atoms with Crippen LogP contribution in [0.25, 0.3) is 10.9 Å². The zero-order valence-electron chi connectivity index (χ0n) is 19.3. The summed E-state index contributed by atoms with van der Waals surface area (Å²) in [6.07, 6.45) is 4.73. The van der Waals surface area contributed by atoms with E-state index in [0.717, 1.165) is 88.6 Å². The molecule has 178 valence electrons. The molecule has 0 unspecified atom stereocenters. The highest BCUT2D eigenvalue weighted by Gasteiger charge is 2.27. The van der Waals surface area contributed by atoms with Crippen LogP contribution in [0.5, 0.6) is 0 Å². The molecule has 0 aliphatic carbocycles. The van der Waals surface area contributed by atoms with Crippen LogP contribution in [0, 0.1) is 0 Å². The second kappa shape index (κ2) is 10.6. The van der Waals surface area contributed by atoms with Crippen molar-refractivity contribution in [3.8, 4) is 0 Å². The van der Waals surface area contributed by atoms with Gasteiger partial charge in [0.05, 0.1) is 24.3 Å². The average molecular weight is 472 g/mol. The molecule has 0 spiro atoms. The van der Waals surface area contributed by atoms with Crippen LogP contribution in [0.15, 0.2) is 24.3 Å². The van der Waals surface area contributed by atoms with E-state index in [2.05, 4.69) is 20.0 Å². The van der Waals surface area contributed by atoms with Gasteiger partial charge in [0.2, 0.25) is 0 Å². The first-order valence-electron chi connectivity index (χ1n) is 12.3. The molecule has 2 aromatic rings. The molecule has 0 bridgehead atoms. The van der Waals surface area contributed by atoms with Crippen LogP contribution < -0.4 is 10.2 Å². The Labute approximate surface area is 201 Å². The minimum absolute atomic E-state index is 0.0479. The average Bonchev–Trinajstić information content (AvgIpc) is 3.37. The Bertz CT molecular complexity index is 967. The van der Waals surface area contributed by atoms with Crippen molar-refractivity contribution < 1.29 is 9.53 Å². The van der Waals surface area contributed by atoms with Gasteiger partial charge in [0.15, 0.2) is 0 Å². The fourth-order valence-electron chi connectivity index (χ4n) is 5.37. The van der Waals surface area contributed by atoms with E-state index in [1.54, 1.807) is 0 Å². The molecule has 7 nitrogen and oxygen atoms in total. The zero-order chi connectivity index (χ0) is 22.6. The second-order valence-electron chi connectivity index (χ2n) is 9.36. The van der Waals surface area contributed by atoms with E-state index in [-0.39, 0.29) is 5.91 Å². The number of nitrogens with one attached hydrogen (secondary N) is 1. The lowest BCUT2D eigenvalue weighted by Gasteiger charge is -2.40. The first-order valence-corrected chi connectivity index (χ1v) is 12.7. The number of hydrogen-bond donors (Lipinski definition) is 1. The van der Waals surface area contributed by atoms with E-state index in [9.17, 15) is 4.79 Å². The second-order valence-corrected chi connectivity index (χ2v) is 9.80. The molecule has 1 aromatic carbocycles. The van der Waals surface area contributed by atoms with Gasteiger partial charge in [0.25, 0.3) is 5.91 Å². The normalized spacial score (nSPS) is 21.1. The number of anilines is 1. The van der Waals surface area contributed by atoms with Crippen molar-refractivity contribution in [2.24, 2.45) is 0 Å². The molecule has 3 fully saturated rings. The van der Waals surface area contributed by atoms with E-state index in [1.165, 1.54) is 12.8 Å². The molecule has 3 saturated heterocycles. The Morgan fingerprint density at radius 1 is 1.06 bits per heavy atom. The van der Waals surface area contributed by atoms with Gasteiger partial charge in [0, 0.05) is 55.7 Å². The maximum Gasteiger partial charge on any atom is 0.252 e. The van der Waals surface area contributed by atoms with Crippen molar-refractivity contribution in [3.63, 3.8) is 0 Å². The molecule has 0 atom stereocenters. The molecule has 1 aromatic heterocycles. The summed E-state index contributed by atoms with van der Waals surface area (Å²) >= 11 is 6.27. The van der Waals surface area contributed by atoms with Gasteiger partial charge < -0.3 is 19.9 Å². The highest BCUT2D eigenvalue weighted by atomic mass is 35.5. The maximum atomic E-state index is 13.2. The predicted octanol–water partition coefficient (Wildman–Crippen LogP) is 3.01. The quantitative estimate of drug-likeness (QED) is 0.698. The highest BCUT2D eigenvalue weighted by Crippen LogP contribution is 2.28. The van der Waals surface area contributed by atoms with Crippen molar-refractivity contribution in [2.75, 3.05) is 70.5 Å². The smallest absolute Gasteiger partial charge is 0.252 e. The monoisotopic (exact) mass is 471 g/mol. The van der Waals surface area contributed by atoms with E-state index in [0.29, 0.717) is 23.2 Å². The molecule has 3 aliphatic heterocycles. The number of aromatic nitrogens is 1. The summed E-state index contributed by atoms with van der Waals surface area (Å²) in [5.74, 6) is 0.836. The number of piperidine rings is 1. The number of pyridine rings is 1. The number of rotatable bonds is 6. The fraction of sp³-hybridized carbons (Fsp3) is 0.600. The minimum atomic E-state index is -0.0479. The third-order valence-corrected chi connectivity index (χ3v) is 7.50. The molecular weight excluding hydrogens is 438 g/mol. The molecule has 8 heteroatoms. The predicted molar refractivity (Wildman–Crippen MR) is 132 cm³/mol. The van der Waals surface area contributed by atoms with Crippen molar-refractivity contribution in [3.05, 3.63) is 34.9 Å². The Balaban J connectivity index is 1.30. The Morgan fingerprint density at radius 2 is 1.82 bits per heavy atom. The molecule has 3 aliphatic rings.